The number of alkyl halides is 3. The number of nitrogens with one attached hydrogen (secondary N) is 1. The molecule has 0 unspecified atom stereocenters. The minimum Gasteiger partial charge on any atom is -0.476 e. The van der Waals surface area contributed by atoms with E-state index in [0.717, 1.165) is 6.07 Å². The maximum absolute atomic E-state index is 12.6. The van der Waals surface area contributed by atoms with E-state index in [1.165, 1.54) is 0 Å². The lowest BCUT2D eigenvalue weighted by atomic mass is 10.1. The smallest absolute Gasteiger partial charge is 0.410 e. The van der Waals surface area contributed by atoms with Crippen LogP contribution in [0.5, 0.6) is 0 Å². The highest BCUT2D eigenvalue weighted by Gasteiger charge is 2.44. The minimum atomic E-state index is -4.42. The Morgan fingerprint density at radius 3 is 2.88 bits per heavy atom. The fraction of sp³-hybridized carbons (Fsp3) is 0.500. The van der Waals surface area contributed by atoms with Gasteiger partial charge in [-0.3, -0.25) is 0 Å². The summed E-state index contributed by atoms with van der Waals surface area (Å²) in [4.78, 5) is 10.6. The van der Waals surface area contributed by atoms with Crippen LogP contribution in [0.2, 0.25) is 0 Å². The summed E-state index contributed by atoms with van der Waals surface area (Å²) < 4.78 is 38.5. The quantitative estimate of drug-likeness (QED) is 0.774. The summed E-state index contributed by atoms with van der Waals surface area (Å²) in [5, 5.41) is 14.7. The number of aromatic nitrogens is 2. The van der Waals surface area contributed by atoms with Gasteiger partial charge in [-0.05, 0) is 6.42 Å². The van der Waals surface area contributed by atoms with Crippen molar-refractivity contribution in [2.24, 2.45) is 0 Å². The molecule has 0 aromatic carbocycles. The van der Waals surface area contributed by atoms with E-state index >= 15 is 0 Å². The van der Waals surface area contributed by atoms with Crippen molar-refractivity contribution in [3.8, 4) is 0 Å². The molecule has 0 aliphatic carbocycles. The van der Waals surface area contributed by atoms with Crippen molar-refractivity contribution in [2.45, 2.75) is 18.6 Å². The van der Waals surface area contributed by atoms with Gasteiger partial charge in [0.05, 0.1) is 0 Å². The maximum Gasteiger partial charge on any atom is 0.410 e. The summed E-state index contributed by atoms with van der Waals surface area (Å²) in [6.45, 7) is 0.148. The summed E-state index contributed by atoms with van der Waals surface area (Å²) in [5.41, 5.74) is -0.390. The molecule has 5 nitrogen and oxygen atoms in total. The number of rotatable bonds is 1. The van der Waals surface area contributed by atoms with Gasteiger partial charge in [-0.15, -0.1) is 0 Å². The van der Waals surface area contributed by atoms with E-state index in [1.54, 1.807) is 0 Å². The van der Waals surface area contributed by atoms with Crippen LogP contribution < -0.4 is 5.32 Å². The molecule has 16 heavy (non-hydrogen) atoms. The second-order valence-electron chi connectivity index (χ2n) is 3.44. The number of fused-ring (bicyclic) bond motifs is 1. The molecule has 0 saturated carbocycles. The predicted octanol–water partition coefficient (Wildman–Crippen LogP) is 1.50. The van der Waals surface area contributed by atoms with Crippen molar-refractivity contribution in [1.82, 2.24) is 9.78 Å². The number of anilines is 1. The number of carboxylic acid groups (broad SMARTS) is 1. The first-order valence-electron chi connectivity index (χ1n) is 4.53. The largest absolute Gasteiger partial charge is 0.476 e. The van der Waals surface area contributed by atoms with Gasteiger partial charge < -0.3 is 10.4 Å². The summed E-state index contributed by atoms with van der Waals surface area (Å²) in [6.07, 6.45) is -4.57. The average molecular weight is 235 g/mol. The fourth-order valence-corrected chi connectivity index (χ4v) is 1.63. The third-order valence-electron chi connectivity index (χ3n) is 2.35. The van der Waals surface area contributed by atoms with E-state index in [0.29, 0.717) is 4.68 Å². The van der Waals surface area contributed by atoms with Gasteiger partial charge in [0.1, 0.15) is 5.82 Å². The van der Waals surface area contributed by atoms with Gasteiger partial charge in [0, 0.05) is 12.6 Å². The summed E-state index contributed by atoms with van der Waals surface area (Å²) in [5.74, 6) is -1.25. The van der Waals surface area contributed by atoms with Crippen molar-refractivity contribution in [3.63, 3.8) is 0 Å². The van der Waals surface area contributed by atoms with Crippen molar-refractivity contribution < 1.29 is 23.1 Å². The van der Waals surface area contributed by atoms with Gasteiger partial charge in [-0.25, -0.2) is 9.48 Å². The molecule has 1 aliphatic heterocycles. The molecular formula is C8H8F3N3O2. The van der Waals surface area contributed by atoms with Crippen LogP contribution in [0, 0.1) is 0 Å². The molecule has 2 rings (SSSR count). The Hall–Kier alpha value is -1.73. The van der Waals surface area contributed by atoms with Gasteiger partial charge in [0.25, 0.3) is 0 Å². The van der Waals surface area contributed by atoms with Gasteiger partial charge in [0.2, 0.25) is 0 Å². The molecule has 1 aromatic rings. The lowest BCUT2D eigenvalue weighted by Gasteiger charge is -2.27. The Kier molecular flexibility index (Phi) is 2.28. The normalized spacial score (nSPS) is 20.1. The van der Waals surface area contributed by atoms with Crippen molar-refractivity contribution >= 4 is 11.8 Å². The molecule has 1 atom stereocenters. The Labute approximate surface area is 87.9 Å². The molecule has 88 valence electrons. The van der Waals surface area contributed by atoms with Crippen LogP contribution in [0.4, 0.5) is 19.0 Å². The van der Waals surface area contributed by atoms with E-state index in [-0.39, 0.29) is 18.8 Å². The van der Waals surface area contributed by atoms with Gasteiger partial charge >= 0.3 is 12.1 Å². The molecule has 0 fully saturated rings. The monoisotopic (exact) mass is 235 g/mol. The molecule has 0 radical (unpaired) electrons. The zero-order valence-corrected chi connectivity index (χ0v) is 7.95. The first-order valence-corrected chi connectivity index (χ1v) is 4.53. The number of carbonyl (C=O) groups is 1. The number of halogens is 3. The van der Waals surface area contributed by atoms with Gasteiger partial charge in [-0.2, -0.15) is 18.3 Å². The molecular weight excluding hydrogens is 227 g/mol. The third kappa shape index (κ3) is 1.70. The van der Waals surface area contributed by atoms with E-state index < -0.39 is 23.9 Å². The molecule has 2 heterocycles. The van der Waals surface area contributed by atoms with Gasteiger partial charge in [0.15, 0.2) is 11.7 Å². The molecule has 0 spiro atoms. The zero-order valence-electron chi connectivity index (χ0n) is 7.95. The van der Waals surface area contributed by atoms with Crippen LogP contribution in [-0.4, -0.2) is 33.6 Å². The zero-order chi connectivity index (χ0) is 11.9. The average Bonchev–Trinajstić information content (AvgIpc) is 2.58. The number of nitrogens with zero attached hydrogens (tertiary/aromatic N) is 2. The number of aromatic carboxylic acids is 1. The Balaban J connectivity index is 2.42. The van der Waals surface area contributed by atoms with Crippen molar-refractivity contribution in [1.29, 1.82) is 0 Å². The molecule has 1 aromatic heterocycles. The summed E-state index contributed by atoms with van der Waals surface area (Å²) in [7, 11) is 0. The number of hydrogen-bond acceptors (Lipinski definition) is 3. The Morgan fingerprint density at radius 2 is 2.31 bits per heavy atom. The van der Waals surface area contributed by atoms with E-state index in [1.807, 2.05) is 0 Å². The van der Waals surface area contributed by atoms with Crippen LogP contribution in [0.3, 0.4) is 0 Å². The van der Waals surface area contributed by atoms with Gasteiger partial charge in [-0.1, -0.05) is 0 Å². The Bertz CT molecular complexity index is 427. The van der Waals surface area contributed by atoms with Crippen LogP contribution in [0.15, 0.2) is 6.07 Å². The van der Waals surface area contributed by atoms with Crippen molar-refractivity contribution in [3.05, 3.63) is 11.8 Å². The first kappa shape index (κ1) is 10.8. The summed E-state index contributed by atoms with van der Waals surface area (Å²) >= 11 is 0. The molecule has 0 amide bonds. The highest BCUT2D eigenvalue weighted by atomic mass is 19.4. The summed E-state index contributed by atoms with van der Waals surface area (Å²) in [6, 6.07) is -0.655. The Morgan fingerprint density at radius 1 is 1.62 bits per heavy atom. The lowest BCUT2D eigenvalue weighted by molar-refractivity contribution is -0.171. The molecule has 0 saturated heterocycles. The minimum absolute atomic E-state index is 0.0889. The second kappa shape index (κ2) is 3.39. The lowest BCUT2D eigenvalue weighted by Crippen LogP contribution is -2.33. The molecule has 2 N–H and O–H groups in total. The van der Waals surface area contributed by atoms with E-state index in [2.05, 4.69) is 10.4 Å². The molecule has 1 aliphatic rings. The van der Waals surface area contributed by atoms with E-state index in [4.69, 9.17) is 5.11 Å². The topological polar surface area (TPSA) is 67.1 Å². The standard InChI is InChI=1S/C8H8F3N3O2/c9-8(10,11)5-1-2-12-6-3-4(7(15)16)13-14(5)6/h3,5,12H,1-2H2,(H,15,16)/t5-/m0/s1. The number of carboxylic acids is 1. The first-order chi connectivity index (χ1) is 7.39. The number of hydrogen-bond donors (Lipinski definition) is 2. The molecule has 8 heteroatoms. The highest BCUT2D eigenvalue weighted by Crippen LogP contribution is 2.37. The maximum atomic E-state index is 12.6. The highest BCUT2D eigenvalue weighted by molar-refractivity contribution is 5.86. The second-order valence-corrected chi connectivity index (χ2v) is 3.44. The third-order valence-corrected chi connectivity index (χ3v) is 2.35. The van der Waals surface area contributed by atoms with E-state index in [9.17, 15) is 18.0 Å². The van der Waals surface area contributed by atoms with Crippen LogP contribution in [0.1, 0.15) is 23.0 Å². The predicted molar refractivity (Wildman–Crippen MR) is 47.4 cm³/mol. The van der Waals surface area contributed by atoms with Crippen LogP contribution >= 0.6 is 0 Å². The van der Waals surface area contributed by atoms with Crippen LogP contribution in [0.25, 0.3) is 0 Å². The SMILES string of the molecule is O=C(O)c1cc2n(n1)[C@H](C(F)(F)F)CCN2. The fourth-order valence-electron chi connectivity index (χ4n) is 1.63. The van der Waals surface area contributed by atoms with Crippen molar-refractivity contribution in [2.75, 3.05) is 11.9 Å². The van der Waals surface area contributed by atoms with Crippen LogP contribution in [-0.2, 0) is 0 Å². The molecule has 0 bridgehead atoms.